The van der Waals surface area contributed by atoms with Gasteiger partial charge in [-0.15, -0.1) is 0 Å². The van der Waals surface area contributed by atoms with Crippen molar-refractivity contribution in [3.8, 4) is 22.3 Å². The molecule has 1 heteroatoms. The van der Waals surface area contributed by atoms with Crippen LogP contribution in [0.25, 0.3) is 34.4 Å². The molecule has 0 aliphatic heterocycles. The fourth-order valence-electron chi connectivity index (χ4n) is 6.44. The van der Waals surface area contributed by atoms with Crippen molar-refractivity contribution in [2.45, 2.75) is 52.6 Å². The van der Waals surface area contributed by atoms with Crippen LogP contribution < -0.4 is 0 Å². The predicted octanol–water partition coefficient (Wildman–Crippen LogP) is 9.78. The van der Waals surface area contributed by atoms with E-state index in [1.165, 1.54) is 68.1 Å². The molecule has 37 heavy (non-hydrogen) atoms. The quantitative estimate of drug-likeness (QED) is 0.233. The molecule has 6 rings (SSSR count). The number of allylic oxidation sites excluding steroid dienone is 2. The molecule has 0 saturated heterocycles. The van der Waals surface area contributed by atoms with Gasteiger partial charge in [-0.05, 0) is 71.2 Å². The Morgan fingerprint density at radius 2 is 1.03 bits per heavy atom. The molecule has 0 bridgehead atoms. The molecule has 0 nitrogen and oxygen atoms in total. The molecule has 0 N–H and O–H groups in total. The fraction of sp³-hybridized carbons (Fsp3) is 0.222. The summed E-state index contributed by atoms with van der Waals surface area (Å²) in [5.74, 6) is 0. The second-order valence-electron chi connectivity index (χ2n) is 11.3. The maximum atomic E-state index is 2.64. The summed E-state index contributed by atoms with van der Waals surface area (Å²) >= 11 is 0. The van der Waals surface area contributed by atoms with Gasteiger partial charge >= 0.3 is 0 Å². The van der Waals surface area contributed by atoms with Gasteiger partial charge in [0.1, 0.15) is 8.07 Å². The van der Waals surface area contributed by atoms with Crippen LogP contribution in [0, 0.1) is 13.8 Å². The zero-order chi connectivity index (χ0) is 25.6. The van der Waals surface area contributed by atoms with E-state index in [4.69, 9.17) is 0 Å². The normalized spacial score (nSPS) is 14.3. The Morgan fingerprint density at radius 3 is 1.43 bits per heavy atom. The summed E-state index contributed by atoms with van der Waals surface area (Å²) in [6, 6.07) is 33.2. The van der Waals surface area contributed by atoms with Gasteiger partial charge < -0.3 is 0 Å². The minimum Gasteiger partial charge on any atom is -0.0712 e. The van der Waals surface area contributed by atoms with E-state index in [1.807, 2.05) is 0 Å². The Morgan fingerprint density at radius 1 is 0.595 bits per heavy atom. The summed E-state index contributed by atoms with van der Waals surface area (Å²) in [7, 11) is -1.82. The third-order valence-electron chi connectivity index (χ3n) is 8.68. The Hall–Kier alpha value is -3.42. The molecule has 2 aliphatic carbocycles. The van der Waals surface area contributed by atoms with Gasteiger partial charge in [0.25, 0.3) is 0 Å². The molecule has 0 fully saturated rings. The van der Waals surface area contributed by atoms with Gasteiger partial charge in [-0.1, -0.05) is 145 Å². The number of hydrogen-bond donors (Lipinski definition) is 0. The Bertz CT molecular complexity index is 1420. The van der Waals surface area contributed by atoms with E-state index < -0.39 is 8.07 Å². The Labute approximate surface area is 223 Å². The standard InChI is InChI=1S/C36H36Si/c1-5-20-37(4,31-21-29-8-6-10-33(35(29)23-31)27-16-12-25(2)13-17-27)32-22-30-9-7-11-34(36(30)24-32)28-18-14-26(3)15-19-28/h6-19,23-24H,5,20-22H2,1-4H3. The maximum Gasteiger partial charge on any atom is 0.106 e. The fourth-order valence-corrected chi connectivity index (χ4v) is 10.6. The second kappa shape index (κ2) is 9.47. The highest BCUT2D eigenvalue weighted by Crippen LogP contribution is 2.45. The lowest BCUT2D eigenvalue weighted by atomic mass is 9.97. The average molecular weight is 497 g/mol. The van der Waals surface area contributed by atoms with Crippen molar-refractivity contribution in [1.29, 1.82) is 0 Å². The van der Waals surface area contributed by atoms with Crippen molar-refractivity contribution in [3.63, 3.8) is 0 Å². The molecule has 0 amide bonds. The molecule has 4 aromatic rings. The third kappa shape index (κ3) is 4.26. The minimum absolute atomic E-state index is 1.11. The van der Waals surface area contributed by atoms with Crippen LogP contribution in [0.15, 0.2) is 95.3 Å². The highest BCUT2D eigenvalue weighted by molar-refractivity contribution is 6.93. The lowest BCUT2D eigenvalue weighted by Crippen LogP contribution is -2.36. The maximum absolute atomic E-state index is 2.64. The van der Waals surface area contributed by atoms with E-state index in [0.717, 1.165) is 12.8 Å². The molecule has 0 heterocycles. The number of rotatable bonds is 6. The van der Waals surface area contributed by atoms with E-state index in [0.29, 0.717) is 0 Å². The first-order chi connectivity index (χ1) is 18.0. The van der Waals surface area contributed by atoms with Gasteiger partial charge in [0, 0.05) is 0 Å². The molecule has 0 aromatic heterocycles. The lowest BCUT2D eigenvalue weighted by molar-refractivity contribution is 1.03. The summed E-state index contributed by atoms with van der Waals surface area (Å²) < 4.78 is 0. The number of aryl methyl sites for hydroxylation is 2. The molecule has 0 saturated carbocycles. The van der Waals surface area contributed by atoms with E-state index in [9.17, 15) is 0 Å². The van der Waals surface area contributed by atoms with Crippen LogP contribution in [0.2, 0.25) is 12.6 Å². The molecule has 2 aliphatic rings. The highest BCUT2D eigenvalue weighted by Gasteiger charge is 2.39. The first-order valence-electron chi connectivity index (χ1n) is 13.8. The number of benzene rings is 4. The van der Waals surface area contributed by atoms with Crippen molar-refractivity contribution in [1.82, 2.24) is 0 Å². The monoisotopic (exact) mass is 496 g/mol. The van der Waals surface area contributed by atoms with Crippen molar-refractivity contribution < 1.29 is 0 Å². The first kappa shape index (κ1) is 23.9. The van der Waals surface area contributed by atoms with E-state index in [1.54, 1.807) is 10.4 Å². The third-order valence-corrected chi connectivity index (χ3v) is 13.7. The second-order valence-corrected chi connectivity index (χ2v) is 15.7. The van der Waals surface area contributed by atoms with Gasteiger partial charge in [0.2, 0.25) is 0 Å². The van der Waals surface area contributed by atoms with Crippen molar-refractivity contribution >= 4 is 20.2 Å². The van der Waals surface area contributed by atoms with E-state index in [2.05, 4.69) is 124 Å². The molecular weight excluding hydrogens is 460 g/mol. The van der Waals surface area contributed by atoms with Gasteiger partial charge in [-0.3, -0.25) is 0 Å². The molecule has 0 unspecified atom stereocenters. The zero-order valence-corrected chi connectivity index (χ0v) is 23.6. The van der Waals surface area contributed by atoms with E-state index >= 15 is 0 Å². The molecule has 4 aromatic carbocycles. The minimum atomic E-state index is -1.82. The summed E-state index contributed by atoms with van der Waals surface area (Å²) in [6.45, 7) is 9.34. The van der Waals surface area contributed by atoms with Crippen LogP contribution in [0.1, 0.15) is 46.7 Å². The number of fused-ring (bicyclic) bond motifs is 2. The van der Waals surface area contributed by atoms with Gasteiger partial charge in [0.15, 0.2) is 0 Å². The Balaban J connectivity index is 1.41. The molecule has 0 atom stereocenters. The number of hydrogen-bond acceptors (Lipinski definition) is 0. The SMILES string of the molecule is CCC[Si](C)(C1=Cc2c(cccc2-c2ccc(C)cc2)C1)C1=Cc2c(cccc2-c2ccc(C)cc2)C1. The summed E-state index contributed by atoms with van der Waals surface area (Å²) in [6.07, 6.45) is 8.64. The lowest BCUT2D eigenvalue weighted by Gasteiger charge is -2.31. The van der Waals surface area contributed by atoms with Crippen LogP contribution in [-0.4, -0.2) is 8.07 Å². The topological polar surface area (TPSA) is 0 Å². The average Bonchev–Trinajstić information content (AvgIpc) is 3.55. The van der Waals surface area contributed by atoms with Gasteiger partial charge in [0.05, 0.1) is 0 Å². The van der Waals surface area contributed by atoms with Crippen LogP contribution in [0.3, 0.4) is 0 Å². The van der Waals surface area contributed by atoms with Crippen LogP contribution in [0.5, 0.6) is 0 Å². The van der Waals surface area contributed by atoms with Crippen molar-refractivity contribution in [3.05, 3.63) is 129 Å². The van der Waals surface area contributed by atoms with Crippen LogP contribution >= 0.6 is 0 Å². The summed E-state index contributed by atoms with van der Waals surface area (Å²) in [4.78, 5) is 0. The molecule has 184 valence electrons. The molecular formula is C36H36Si. The van der Waals surface area contributed by atoms with Gasteiger partial charge in [-0.25, -0.2) is 0 Å². The van der Waals surface area contributed by atoms with Gasteiger partial charge in [-0.2, -0.15) is 0 Å². The summed E-state index contributed by atoms with van der Waals surface area (Å²) in [5, 5.41) is 3.42. The molecule has 0 spiro atoms. The Kier molecular flexibility index (Phi) is 6.13. The van der Waals surface area contributed by atoms with Crippen molar-refractivity contribution in [2.24, 2.45) is 0 Å². The van der Waals surface area contributed by atoms with E-state index in [-0.39, 0.29) is 0 Å². The molecule has 0 radical (unpaired) electrons. The highest BCUT2D eigenvalue weighted by atomic mass is 28.3. The largest absolute Gasteiger partial charge is 0.106 e. The first-order valence-corrected chi connectivity index (χ1v) is 16.5. The zero-order valence-electron chi connectivity index (χ0n) is 22.6. The smallest absolute Gasteiger partial charge is 0.0712 e. The predicted molar refractivity (Wildman–Crippen MR) is 163 cm³/mol. The summed E-state index contributed by atoms with van der Waals surface area (Å²) in [5.41, 5.74) is 13.9. The van der Waals surface area contributed by atoms with Crippen LogP contribution in [0.4, 0.5) is 0 Å². The van der Waals surface area contributed by atoms with Crippen molar-refractivity contribution in [2.75, 3.05) is 0 Å². The van der Waals surface area contributed by atoms with Crippen LogP contribution in [-0.2, 0) is 12.8 Å².